The predicted octanol–water partition coefficient (Wildman–Crippen LogP) is 1.91. The maximum Gasteiger partial charge on any atom is 0.224 e. The van der Waals surface area contributed by atoms with Gasteiger partial charge in [0.2, 0.25) is 5.95 Å². The van der Waals surface area contributed by atoms with Gasteiger partial charge in [0.1, 0.15) is 5.82 Å². The highest BCUT2D eigenvalue weighted by Gasteiger charge is 2.14. The predicted molar refractivity (Wildman–Crippen MR) is 70.4 cm³/mol. The third-order valence-corrected chi connectivity index (χ3v) is 2.56. The highest BCUT2D eigenvalue weighted by Crippen LogP contribution is 2.13. The maximum absolute atomic E-state index is 5.20. The molecule has 0 aliphatic heterocycles. The van der Waals surface area contributed by atoms with E-state index >= 15 is 0 Å². The van der Waals surface area contributed by atoms with Gasteiger partial charge in [-0.1, -0.05) is 13.8 Å². The molecular formula is C12H22N4O. The van der Waals surface area contributed by atoms with E-state index < -0.39 is 0 Å². The van der Waals surface area contributed by atoms with Gasteiger partial charge in [-0.15, -0.1) is 0 Å². The molecule has 0 fully saturated rings. The highest BCUT2D eigenvalue weighted by atomic mass is 16.5. The summed E-state index contributed by atoms with van der Waals surface area (Å²) in [6, 6.07) is 2.19. The Kier molecular flexibility index (Phi) is 5.15. The molecule has 1 unspecified atom stereocenters. The summed E-state index contributed by atoms with van der Waals surface area (Å²) in [6.45, 7) is 6.93. The number of ether oxygens (including phenoxy) is 1. The Morgan fingerprint density at radius 2 is 2.06 bits per heavy atom. The first-order valence-corrected chi connectivity index (χ1v) is 5.85. The second kappa shape index (κ2) is 6.39. The molecule has 0 spiro atoms. The minimum Gasteiger partial charge on any atom is -0.383 e. The van der Waals surface area contributed by atoms with E-state index in [1.165, 1.54) is 0 Å². The van der Waals surface area contributed by atoms with E-state index in [9.17, 15) is 0 Å². The fourth-order valence-electron chi connectivity index (χ4n) is 1.52. The first kappa shape index (κ1) is 13.7. The summed E-state index contributed by atoms with van der Waals surface area (Å²) in [5.41, 5.74) is 0.937. The van der Waals surface area contributed by atoms with Crippen molar-refractivity contribution in [1.29, 1.82) is 0 Å². The van der Waals surface area contributed by atoms with Crippen molar-refractivity contribution in [3.8, 4) is 0 Å². The SMILES string of the molecule is CNc1nc(C)cc(NC(COC)C(C)C)n1. The van der Waals surface area contributed by atoms with Gasteiger partial charge in [-0.3, -0.25) is 0 Å². The Balaban J connectivity index is 2.81. The second-order valence-electron chi connectivity index (χ2n) is 4.42. The molecule has 0 aromatic carbocycles. The van der Waals surface area contributed by atoms with E-state index in [4.69, 9.17) is 4.74 Å². The van der Waals surface area contributed by atoms with Crippen LogP contribution in [0, 0.1) is 12.8 Å². The van der Waals surface area contributed by atoms with Crippen LogP contribution in [0.5, 0.6) is 0 Å². The van der Waals surface area contributed by atoms with Crippen molar-refractivity contribution in [2.24, 2.45) is 5.92 Å². The summed E-state index contributed by atoms with van der Waals surface area (Å²) in [4.78, 5) is 8.62. The first-order chi connectivity index (χ1) is 8.06. The monoisotopic (exact) mass is 238 g/mol. The average molecular weight is 238 g/mol. The molecular weight excluding hydrogens is 216 g/mol. The Labute approximate surface area is 103 Å². The summed E-state index contributed by atoms with van der Waals surface area (Å²) >= 11 is 0. The van der Waals surface area contributed by atoms with Gasteiger partial charge < -0.3 is 15.4 Å². The number of hydrogen-bond donors (Lipinski definition) is 2. The zero-order valence-corrected chi connectivity index (χ0v) is 11.2. The average Bonchev–Trinajstić information content (AvgIpc) is 2.27. The van der Waals surface area contributed by atoms with Gasteiger partial charge in [-0.2, -0.15) is 4.98 Å². The van der Waals surface area contributed by atoms with Gasteiger partial charge in [0.25, 0.3) is 0 Å². The van der Waals surface area contributed by atoms with Crippen molar-refractivity contribution in [2.75, 3.05) is 31.4 Å². The van der Waals surface area contributed by atoms with E-state index in [2.05, 4.69) is 34.4 Å². The Hall–Kier alpha value is -1.36. The van der Waals surface area contributed by atoms with Crippen LogP contribution in [-0.2, 0) is 4.74 Å². The third-order valence-electron chi connectivity index (χ3n) is 2.56. The lowest BCUT2D eigenvalue weighted by molar-refractivity contribution is 0.171. The van der Waals surface area contributed by atoms with Crippen molar-refractivity contribution < 1.29 is 4.74 Å². The quantitative estimate of drug-likeness (QED) is 0.792. The number of anilines is 2. The van der Waals surface area contributed by atoms with Crippen molar-refractivity contribution in [1.82, 2.24) is 9.97 Å². The molecule has 0 saturated carbocycles. The molecule has 17 heavy (non-hydrogen) atoms. The molecule has 0 aliphatic carbocycles. The molecule has 1 aromatic rings. The van der Waals surface area contributed by atoms with E-state index in [-0.39, 0.29) is 6.04 Å². The van der Waals surface area contributed by atoms with Crippen molar-refractivity contribution >= 4 is 11.8 Å². The van der Waals surface area contributed by atoms with E-state index in [0.717, 1.165) is 11.5 Å². The maximum atomic E-state index is 5.20. The van der Waals surface area contributed by atoms with Gasteiger partial charge in [0.15, 0.2) is 0 Å². The minimum atomic E-state index is 0.249. The van der Waals surface area contributed by atoms with Crippen LogP contribution in [0.2, 0.25) is 0 Å². The molecule has 1 heterocycles. The van der Waals surface area contributed by atoms with Crippen LogP contribution in [-0.4, -0.2) is 36.8 Å². The lowest BCUT2D eigenvalue weighted by atomic mass is 10.1. The Morgan fingerprint density at radius 1 is 1.35 bits per heavy atom. The fraction of sp³-hybridized carbons (Fsp3) is 0.667. The van der Waals surface area contributed by atoms with Crippen molar-refractivity contribution in [3.63, 3.8) is 0 Å². The number of hydrogen-bond acceptors (Lipinski definition) is 5. The molecule has 1 aromatic heterocycles. The second-order valence-corrected chi connectivity index (χ2v) is 4.42. The summed E-state index contributed by atoms with van der Waals surface area (Å²) in [5, 5.41) is 6.33. The van der Waals surface area contributed by atoms with Gasteiger partial charge in [-0.25, -0.2) is 4.98 Å². The molecule has 5 heteroatoms. The summed E-state index contributed by atoms with van der Waals surface area (Å²) in [6.07, 6.45) is 0. The van der Waals surface area contributed by atoms with Gasteiger partial charge in [-0.05, 0) is 12.8 Å². The molecule has 0 bridgehead atoms. The zero-order chi connectivity index (χ0) is 12.8. The molecule has 2 N–H and O–H groups in total. The molecule has 0 saturated heterocycles. The van der Waals surface area contributed by atoms with Crippen LogP contribution in [0.1, 0.15) is 19.5 Å². The summed E-state index contributed by atoms with van der Waals surface area (Å²) < 4.78 is 5.20. The van der Waals surface area contributed by atoms with E-state index in [0.29, 0.717) is 18.5 Å². The van der Waals surface area contributed by atoms with Crippen LogP contribution < -0.4 is 10.6 Å². The lowest BCUT2D eigenvalue weighted by Crippen LogP contribution is -2.31. The van der Waals surface area contributed by atoms with E-state index in [1.54, 1.807) is 7.11 Å². The molecule has 1 atom stereocenters. The number of methoxy groups -OCH3 is 1. The number of rotatable bonds is 6. The molecule has 5 nitrogen and oxygen atoms in total. The standard InChI is InChI=1S/C12H22N4O/c1-8(2)10(7-17-5)15-11-6-9(3)14-12(13-4)16-11/h6,8,10H,7H2,1-5H3,(H2,13,14,15,16). The molecule has 0 radical (unpaired) electrons. The molecule has 1 rings (SSSR count). The smallest absolute Gasteiger partial charge is 0.224 e. The number of nitrogens with zero attached hydrogens (tertiary/aromatic N) is 2. The van der Waals surface area contributed by atoms with Crippen molar-refractivity contribution in [3.05, 3.63) is 11.8 Å². The topological polar surface area (TPSA) is 59.1 Å². The van der Waals surface area contributed by atoms with Gasteiger partial charge in [0, 0.05) is 25.9 Å². The van der Waals surface area contributed by atoms with Gasteiger partial charge in [0.05, 0.1) is 12.6 Å². The molecule has 0 aliphatic rings. The summed E-state index contributed by atoms with van der Waals surface area (Å²) in [5.74, 6) is 1.94. The number of aryl methyl sites for hydroxylation is 1. The largest absolute Gasteiger partial charge is 0.383 e. The highest BCUT2D eigenvalue weighted by molar-refractivity contribution is 5.42. The minimum absolute atomic E-state index is 0.249. The van der Waals surface area contributed by atoms with Crippen LogP contribution in [0.3, 0.4) is 0 Å². The Bertz CT molecular complexity index is 354. The first-order valence-electron chi connectivity index (χ1n) is 5.85. The van der Waals surface area contributed by atoms with Crippen molar-refractivity contribution in [2.45, 2.75) is 26.8 Å². The lowest BCUT2D eigenvalue weighted by Gasteiger charge is -2.22. The van der Waals surface area contributed by atoms with Crippen LogP contribution in [0.15, 0.2) is 6.07 Å². The van der Waals surface area contributed by atoms with Crippen LogP contribution in [0.4, 0.5) is 11.8 Å². The van der Waals surface area contributed by atoms with Gasteiger partial charge >= 0.3 is 0 Å². The third kappa shape index (κ3) is 4.19. The van der Waals surface area contributed by atoms with E-state index in [1.807, 2.05) is 20.0 Å². The number of aromatic nitrogens is 2. The molecule has 0 amide bonds. The number of nitrogens with one attached hydrogen (secondary N) is 2. The Morgan fingerprint density at radius 3 is 2.59 bits per heavy atom. The van der Waals surface area contributed by atoms with Crippen LogP contribution >= 0.6 is 0 Å². The van der Waals surface area contributed by atoms with Crippen LogP contribution in [0.25, 0.3) is 0 Å². The summed E-state index contributed by atoms with van der Waals surface area (Å²) in [7, 11) is 3.52. The fourth-order valence-corrected chi connectivity index (χ4v) is 1.52. The normalized spacial score (nSPS) is 12.6. The zero-order valence-electron chi connectivity index (χ0n) is 11.2. The molecule has 96 valence electrons.